The Morgan fingerprint density at radius 1 is 1.07 bits per heavy atom. The lowest BCUT2D eigenvalue weighted by Crippen LogP contribution is -2.51. The molecule has 3 amide bonds. The van der Waals surface area contributed by atoms with Crippen molar-refractivity contribution < 1.29 is 14.4 Å². The van der Waals surface area contributed by atoms with Crippen LogP contribution in [0.3, 0.4) is 0 Å². The van der Waals surface area contributed by atoms with Crippen molar-refractivity contribution in [3.8, 4) is 0 Å². The molecule has 2 aromatic rings. The van der Waals surface area contributed by atoms with Crippen LogP contribution < -0.4 is 15.5 Å². The van der Waals surface area contributed by atoms with Crippen molar-refractivity contribution in [1.29, 1.82) is 0 Å². The van der Waals surface area contributed by atoms with Gasteiger partial charge in [0.25, 0.3) is 0 Å². The fourth-order valence-corrected chi connectivity index (χ4v) is 4.11. The number of amides is 3. The van der Waals surface area contributed by atoms with Crippen LogP contribution in [0, 0.1) is 0 Å². The summed E-state index contributed by atoms with van der Waals surface area (Å²) >= 11 is 6.06. The maximum absolute atomic E-state index is 12.7. The lowest BCUT2D eigenvalue weighted by Gasteiger charge is -2.36. The number of para-hydroxylation sites is 1. The van der Waals surface area contributed by atoms with E-state index in [0.29, 0.717) is 36.9 Å². The lowest BCUT2D eigenvalue weighted by atomic mass is 9.90. The fraction of sp³-hybridized carbons (Fsp3) is 0.318. The summed E-state index contributed by atoms with van der Waals surface area (Å²) in [4.78, 5) is 41.1. The average molecular weight is 427 g/mol. The molecule has 0 radical (unpaired) electrons. The van der Waals surface area contributed by atoms with Crippen LogP contribution in [0.2, 0.25) is 5.02 Å². The van der Waals surface area contributed by atoms with Gasteiger partial charge in [-0.1, -0.05) is 35.9 Å². The molecular formula is C22H23ClN4O3. The molecule has 1 fully saturated rings. The topological polar surface area (TPSA) is 81.8 Å². The summed E-state index contributed by atoms with van der Waals surface area (Å²) in [6, 6.07) is 14.9. The summed E-state index contributed by atoms with van der Waals surface area (Å²) in [5, 5.41) is 6.18. The second-order valence-electron chi connectivity index (χ2n) is 7.46. The molecule has 1 saturated heterocycles. The largest absolute Gasteiger partial charge is 0.368 e. The highest BCUT2D eigenvalue weighted by Gasteiger charge is 2.31. The predicted octanol–water partition coefficient (Wildman–Crippen LogP) is 2.23. The molecule has 2 aliphatic rings. The van der Waals surface area contributed by atoms with E-state index in [1.54, 1.807) is 11.0 Å². The van der Waals surface area contributed by atoms with Gasteiger partial charge in [0, 0.05) is 49.0 Å². The smallest absolute Gasteiger partial charge is 0.242 e. The molecule has 7 nitrogen and oxygen atoms in total. The standard InChI is InChI=1S/C22H23ClN4O3/c23-15-4-3-5-16(12-15)26-8-10-27(11-9-26)21(29)14-24-22(30)18-13-20(28)25-19-7-2-1-6-17(18)19/h1-7,12,18H,8-11,13-14H2,(H,24,30)(H,25,28). The van der Waals surface area contributed by atoms with Gasteiger partial charge in [-0.25, -0.2) is 0 Å². The van der Waals surface area contributed by atoms with E-state index < -0.39 is 5.92 Å². The highest BCUT2D eigenvalue weighted by molar-refractivity contribution is 6.30. The molecule has 4 rings (SSSR count). The van der Waals surface area contributed by atoms with Crippen molar-refractivity contribution in [1.82, 2.24) is 10.2 Å². The fourth-order valence-electron chi connectivity index (χ4n) is 3.93. The van der Waals surface area contributed by atoms with Crippen LogP contribution in [0.15, 0.2) is 48.5 Å². The van der Waals surface area contributed by atoms with Crippen LogP contribution in [-0.2, 0) is 14.4 Å². The molecule has 1 atom stereocenters. The third-order valence-electron chi connectivity index (χ3n) is 5.54. The van der Waals surface area contributed by atoms with Gasteiger partial charge in [-0.05, 0) is 29.8 Å². The highest BCUT2D eigenvalue weighted by Crippen LogP contribution is 2.32. The van der Waals surface area contributed by atoms with E-state index in [-0.39, 0.29) is 30.7 Å². The highest BCUT2D eigenvalue weighted by atomic mass is 35.5. The molecule has 2 heterocycles. The zero-order valence-electron chi connectivity index (χ0n) is 16.4. The van der Waals surface area contributed by atoms with Crippen molar-refractivity contribution in [3.05, 3.63) is 59.1 Å². The number of nitrogens with zero attached hydrogens (tertiary/aromatic N) is 2. The summed E-state index contributed by atoms with van der Waals surface area (Å²) in [6.07, 6.45) is 0.0787. The number of nitrogens with one attached hydrogen (secondary N) is 2. The molecule has 0 aromatic heterocycles. The zero-order valence-corrected chi connectivity index (χ0v) is 17.2. The Labute approximate surface area is 180 Å². The van der Waals surface area contributed by atoms with Crippen molar-refractivity contribution in [2.24, 2.45) is 0 Å². The van der Waals surface area contributed by atoms with Crippen LogP contribution in [-0.4, -0.2) is 55.3 Å². The Balaban J connectivity index is 1.30. The maximum atomic E-state index is 12.7. The van der Waals surface area contributed by atoms with Gasteiger partial charge in [0.2, 0.25) is 17.7 Å². The van der Waals surface area contributed by atoms with E-state index in [9.17, 15) is 14.4 Å². The molecule has 156 valence electrons. The minimum absolute atomic E-state index is 0.0731. The molecule has 8 heteroatoms. The van der Waals surface area contributed by atoms with Crippen molar-refractivity contribution >= 4 is 40.7 Å². The first-order chi connectivity index (χ1) is 14.5. The van der Waals surface area contributed by atoms with E-state index in [4.69, 9.17) is 11.6 Å². The third kappa shape index (κ3) is 4.41. The normalized spacial score (nSPS) is 18.4. The van der Waals surface area contributed by atoms with Gasteiger partial charge in [-0.2, -0.15) is 0 Å². The van der Waals surface area contributed by atoms with Crippen LogP contribution in [0.25, 0.3) is 0 Å². The van der Waals surface area contributed by atoms with Gasteiger partial charge in [0.05, 0.1) is 12.5 Å². The van der Waals surface area contributed by atoms with E-state index in [1.807, 2.05) is 42.5 Å². The number of anilines is 2. The number of hydrogen-bond acceptors (Lipinski definition) is 4. The Kier molecular flexibility index (Phi) is 5.90. The summed E-state index contributed by atoms with van der Waals surface area (Å²) in [6.45, 7) is 2.49. The quantitative estimate of drug-likeness (QED) is 0.785. The minimum atomic E-state index is -0.581. The number of benzene rings is 2. The molecule has 1 unspecified atom stereocenters. The number of rotatable bonds is 4. The molecule has 0 aliphatic carbocycles. The van der Waals surface area contributed by atoms with Crippen molar-refractivity contribution in [2.45, 2.75) is 12.3 Å². The molecule has 0 bridgehead atoms. The number of halogens is 1. The van der Waals surface area contributed by atoms with Gasteiger partial charge >= 0.3 is 0 Å². The van der Waals surface area contributed by atoms with Crippen LogP contribution in [0.5, 0.6) is 0 Å². The predicted molar refractivity (Wildman–Crippen MR) is 116 cm³/mol. The van der Waals surface area contributed by atoms with Crippen molar-refractivity contribution in [2.75, 3.05) is 42.9 Å². The van der Waals surface area contributed by atoms with Gasteiger partial charge in [0.1, 0.15) is 0 Å². The van der Waals surface area contributed by atoms with Crippen LogP contribution in [0.4, 0.5) is 11.4 Å². The number of carbonyl (C=O) groups is 3. The molecule has 2 aliphatic heterocycles. The molecule has 2 aromatic carbocycles. The van der Waals surface area contributed by atoms with Crippen LogP contribution >= 0.6 is 11.6 Å². The first-order valence-electron chi connectivity index (χ1n) is 9.96. The molecule has 2 N–H and O–H groups in total. The van der Waals surface area contributed by atoms with E-state index in [2.05, 4.69) is 15.5 Å². The first-order valence-corrected chi connectivity index (χ1v) is 10.3. The summed E-state index contributed by atoms with van der Waals surface area (Å²) in [5.41, 5.74) is 2.46. The minimum Gasteiger partial charge on any atom is -0.368 e. The zero-order chi connectivity index (χ0) is 21.1. The molecule has 30 heavy (non-hydrogen) atoms. The van der Waals surface area contributed by atoms with Gasteiger partial charge < -0.3 is 20.4 Å². The number of carbonyl (C=O) groups excluding carboxylic acids is 3. The maximum Gasteiger partial charge on any atom is 0.242 e. The first kappa shape index (κ1) is 20.2. The van der Waals surface area contributed by atoms with Gasteiger partial charge in [-0.15, -0.1) is 0 Å². The Bertz CT molecular complexity index is 972. The third-order valence-corrected chi connectivity index (χ3v) is 5.77. The van der Waals surface area contributed by atoms with Crippen LogP contribution in [0.1, 0.15) is 17.9 Å². The van der Waals surface area contributed by atoms with E-state index in [0.717, 1.165) is 11.3 Å². The summed E-state index contributed by atoms with van der Waals surface area (Å²) in [7, 11) is 0. The van der Waals surface area contributed by atoms with Gasteiger partial charge in [0.15, 0.2) is 0 Å². The summed E-state index contributed by atoms with van der Waals surface area (Å²) in [5.74, 6) is -1.20. The number of fused-ring (bicyclic) bond motifs is 1. The lowest BCUT2D eigenvalue weighted by molar-refractivity contribution is -0.133. The Morgan fingerprint density at radius 2 is 1.83 bits per heavy atom. The molecular weight excluding hydrogens is 404 g/mol. The number of piperazine rings is 1. The van der Waals surface area contributed by atoms with E-state index >= 15 is 0 Å². The van der Waals surface area contributed by atoms with Crippen molar-refractivity contribution in [3.63, 3.8) is 0 Å². The number of hydrogen-bond donors (Lipinski definition) is 2. The van der Waals surface area contributed by atoms with E-state index in [1.165, 1.54) is 0 Å². The van der Waals surface area contributed by atoms with Gasteiger partial charge in [-0.3, -0.25) is 14.4 Å². The molecule has 0 spiro atoms. The second-order valence-corrected chi connectivity index (χ2v) is 7.89. The Morgan fingerprint density at radius 3 is 2.60 bits per heavy atom. The average Bonchev–Trinajstić information content (AvgIpc) is 2.76. The monoisotopic (exact) mass is 426 g/mol. The summed E-state index contributed by atoms with van der Waals surface area (Å²) < 4.78 is 0. The molecule has 0 saturated carbocycles. The SMILES string of the molecule is O=C1CC(C(=O)NCC(=O)N2CCN(c3cccc(Cl)c3)CC2)c2ccccc2N1. The second kappa shape index (κ2) is 8.75. The Hall–Kier alpha value is -3.06.